The number of anilines is 1. The van der Waals surface area contributed by atoms with Gasteiger partial charge >= 0.3 is 0 Å². The SMILES string of the molecule is CCN1CCOC(CN2CCCc3cc(CN)ccc32)C1. The molecule has 0 amide bonds. The van der Waals surface area contributed by atoms with E-state index >= 15 is 0 Å². The lowest BCUT2D eigenvalue weighted by Gasteiger charge is -2.38. The fourth-order valence-corrected chi connectivity index (χ4v) is 3.47. The fourth-order valence-electron chi connectivity index (χ4n) is 3.47. The molecule has 2 aliphatic heterocycles. The Kier molecular flexibility index (Phi) is 4.78. The Bertz CT molecular complexity index is 477. The Morgan fingerprint density at radius 3 is 3.05 bits per heavy atom. The van der Waals surface area contributed by atoms with E-state index in [0.29, 0.717) is 12.6 Å². The van der Waals surface area contributed by atoms with Gasteiger partial charge in [0, 0.05) is 38.4 Å². The van der Waals surface area contributed by atoms with Crippen molar-refractivity contribution in [3.63, 3.8) is 0 Å². The molecule has 0 saturated carbocycles. The standard InChI is InChI=1S/C17H27N3O/c1-2-19-8-9-21-16(12-19)13-20-7-3-4-15-10-14(11-18)5-6-17(15)20/h5-6,10,16H,2-4,7-9,11-13,18H2,1H3. The summed E-state index contributed by atoms with van der Waals surface area (Å²) in [5.74, 6) is 0. The highest BCUT2D eigenvalue weighted by molar-refractivity contribution is 5.57. The lowest BCUT2D eigenvalue weighted by molar-refractivity contribution is -0.0222. The summed E-state index contributed by atoms with van der Waals surface area (Å²) in [7, 11) is 0. The second kappa shape index (κ2) is 6.77. The minimum Gasteiger partial charge on any atom is -0.374 e. The minimum absolute atomic E-state index is 0.332. The summed E-state index contributed by atoms with van der Waals surface area (Å²) in [6, 6.07) is 6.69. The van der Waals surface area contributed by atoms with E-state index in [2.05, 4.69) is 34.9 Å². The molecule has 3 rings (SSSR count). The fraction of sp³-hybridized carbons (Fsp3) is 0.647. The molecule has 0 aromatic heterocycles. The summed E-state index contributed by atoms with van der Waals surface area (Å²) in [4.78, 5) is 4.99. The van der Waals surface area contributed by atoms with Crippen molar-refractivity contribution in [2.45, 2.75) is 32.4 Å². The Morgan fingerprint density at radius 1 is 1.33 bits per heavy atom. The predicted molar refractivity (Wildman–Crippen MR) is 86.7 cm³/mol. The Labute approximate surface area is 127 Å². The topological polar surface area (TPSA) is 41.7 Å². The van der Waals surface area contributed by atoms with Gasteiger partial charge in [0.15, 0.2) is 0 Å². The highest BCUT2D eigenvalue weighted by atomic mass is 16.5. The predicted octanol–water partition coefficient (Wildman–Crippen LogP) is 1.62. The molecule has 2 aliphatic rings. The van der Waals surface area contributed by atoms with Gasteiger partial charge in [0.05, 0.1) is 12.7 Å². The third kappa shape index (κ3) is 3.39. The van der Waals surface area contributed by atoms with E-state index < -0.39 is 0 Å². The molecule has 0 aliphatic carbocycles. The number of benzene rings is 1. The first-order chi connectivity index (χ1) is 10.3. The van der Waals surface area contributed by atoms with E-state index in [0.717, 1.165) is 39.3 Å². The quantitative estimate of drug-likeness (QED) is 0.914. The van der Waals surface area contributed by atoms with Crippen molar-refractivity contribution in [3.05, 3.63) is 29.3 Å². The average molecular weight is 289 g/mol. The summed E-state index contributed by atoms with van der Waals surface area (Å²) < 4.78 is 5.97. The summed E-state index contributed by atoms with van der Waals surface area (Å²) in [6.07, 6.45) is 2.73. The Hall–Kier alpha value is -1.10. The molecule has 4 nitrogen and oxygen atoms in total. The van der Waals surface area contributed by atoms with Crippen LogP contribution in [0.15, 0.2) is 18.2 Å². The van der Waals surface area contributed by atoms with Gasteiger partial charge < -0.3 is 15.4 Å². The first-order valence-corrected chi connectivity index (χ1v) is 8.21. The molecule has 1 unspecified atom stereocenters. The molecule has 4 heteroatoms. The van der Waals surface area contributed by atoms with Crippen molar-refractivity contribution in [2.75, 3.05) is 44.2 Å². The molecule has 0 bridgehead atoms. The third-order valence-corrected chi connectivity index (χ3v) is 4.69. The first kappa shape index (κ1) is 14.8. The van der Waals surface area contributed by atoms with Crippen molar-refractivity contribution in [1.29, 1.82) is 0 Å². The zero-order valence-electron chi connectivity index (χ0n) is 13.1. The van der Waals surface area contributed by atoms with Gasteiger partial charge in [-0.2, -0.15) is 0 Å². The lowest BCUT2D eigenvalue weighted by Crippen LogP contribution is -2.48. The van der Waals surface area contributed by atoms with Crippen LogP contribution in [0.5, 0.6) is 0 Å². The molecule has 1 atom stereocenters. The van der Waals surface area contributed by atoms with Crippen LogP contribution in [0.1, 0.15) is 24.5 Å². The molecule has 0 spiro atoms. The van der Waals surface area contributed by atoms with E-state index in [9.17, 15) is 0 Å². The lowest BCUT2D eigenvalue weighted by atomic mass is 9.98. The number of likely N-dealkylation sites (N-methyl/N-ethyl adjacent to an activating group) is 1. The van der Waals surface area contributed by atoms with E-state index in [1.54, 1.807) is 0 Å². The highest BCUT2D eigenvalue weighted by Gasteiger charge is 2.24. The van der Waals surface area contributed by atoms with Gasteiger partial charge in [0.25, 0.3) is 0 Å². The third-order valence-electron chi connectivity index (χ3n) is 4.69. The molecular weight excluding hydrogens is 262 g/mol. The second-order valence-electron chi connectivity index (χ2n) is 6.10. The van der Waals surface area contributed by atoms with Crippen LogP contribution in [0.2, 0.25) is 0 Å². The van der Waals surface area contributed by atoms with Crippen LogP contribution in [0.3, 0.4) is 0 Å². The average Bonchev–Trinajstić information content (AvgIpc) is 2.55. The Balaban J connectivity index is 1.70. The molecule has 0 radical (unpaired) electrons. The van der Waals surface area contributed by atoms with Gasteiger partial charge in [-0.15, -0.1) is 0 Å². The molecule has 116 valence electrons. The van der Waals surface area contributed by atoms with E-state index in [1.165, 1.54) is 29.7 Å². The van der Waals surface area contributed by atoms with Gasteiger partial charge in [0.2, 0.25) is 0 Å². The second-order valence-corrected chi connectivity index (χ2v) is 6.10. The zero-order chi connectivity index (χ0) is 14.7. The van der Waals surface area contributed by atoms with Gasteiger partial charge in [-0.1, -0.05) is 19.1 Å². The smallest absolute Gasteiger partial charge is 0.0877 e. The zero-order valence-corrected chi connectivity index (χ0v) is 13.1. The maximum atomic E-state index is 5.97. The molecule has 1 fully saturated rings. The van der Waals surface area contributed by atoms with Crippen LogP contribution in [0, 0.1) is 0 Å². The van der Waals surface area contributed by atoms with E-state index in [-0.39, 0.29) is 0 Å². The van der Waals surface area contributed by atoms with Gasteiger partial charge in [0.1, 0.15) is 0 Å². The van der Waals surface area contributed by atoms with Crippen LogP contribution in [0.25, 0.3) is 0 Å². The number of morpholine rings is 1. The Morgan fingerprint density at radius 2 is 2.24 bits per heavy atom. The van der Waals surface area contributed by atoms with Crippen molar-refractivity contribution < 1.29 is 4.74 Å². The van der Waals surface area contributed by atoms with E-state index in [1.807, 2.05) is 0 Å². The number of nitrogens with zero attached hydrogens (tertiary/aromatic N) is 2. The van der Waals surface area contributed by atoms with Gasteiger partial charge in [-0.3, -0.25) is 4.90 Å². The number of nitrogens with two attached hydrogens (primary N) is 1. The van der Waals surface area contributed by atoms with Crippen LogP contribution in [0.4, 0.5) is 5.69 Å². The molecule has 1 aromatic carbocycles. The van der Waals surface area contributed by atoms with Crippen molar-refractivity contribution in [3.8, 4) is 0 Å². The van der Waals surface area contributed by atoms with Gasteiger partial charge in [-0.05, 0) is 36.6 Å². The first-order valence-electron chi connectivity index (χ1n) is 8.21. The number of fused-ring (bicyclic) bond motifs is 1. The highest BCUT2D eigenvalue weighted by Crippen LogP contribution is 2.28. The van der Waals surface area contributed by atoms with Gasteiger partial charge in [-0.25, -0.2) is 0 Å². The maximum Gasteiger partial charge on any atom is 0.0877 e. The molecule has 2 N–H and O–H groups in total. The number of hydrogen-bond donors (Lipinski definition) is 1. The van der Waals surface area contributed by atoms with Crippen LogP contribution >= 0.6 is 0 Å². The van der Waals surface area contributed by atoms with Crippen LogP contribution in [-0.2, 0) is 17.7 Å². The molecule has 21 heavy (non-hydrogen) atoms. The number of rotatable bonds is 4. The summed E-state index contributed by atoms with van der Waals surface area (Å²) >= 11 is 0. The normalized spacial score (nSPS) is 23.1. The molecule has 1 aromatic rings. The minimum atomic E-state index is 0.332. The maximum absolute atomic E-state index is 5.97. The van der Waals surface area contributed by atoms with Crippen molar-refractivity contribution in [2.24, 2.45) is 5.73 Å². The molecule has 2 heterocycles. The van der Waals surface area contributed by atoms with Crippen molar-refractivity contribution >= 4 is 5.69 Å². The number of ether oxygens (including phenoxy) is 1. The summed E-state index contributed by atoms with van der Waals surface area (Å²) in [5, 5.41) is 0. The summed E-state index contributed by atoms with van der Waals surface area (Å²) in [5.41, 5.74) is 9.83. The number of aryl methyl sites for hydroxylation is 1. The molecule has 1 saturated heterocycles. The summed E-state index contributed by atoms with van der Waals surface area (Å²) in [6.45, 7) is 9.12. The van der Waals surface area contributed by atoms with Crippen LogP contribution < -0.4 is 10.6 Å². The monoisotopic (exact) mass is 289 g/mol. The largest absolute Gasteiger partial charge is 0.374 e. The molecular formula is C17H27N3O. The van der Waals surface area contributed by atoms with E-state index in [4.69, 9.17) is 10.5 Å². The van der Waals surface area contributed by atoms with Crippen LogP contribution in [-0.4, -0.2) is 50.3 Å². The number of hydrogen-bond acceptors (Lipinski definition) is 4. The van der Waals surface area contributed by atoms with Crippen molar-refractivity contribution in [1.82, 2.24) is 4.90 Å².